The van der Waals surface area contributed by atoms with E-state index in [1.165, 1.54) is 0 Å². The van der Waals surface area contributed by atoms with Crippen molar-refractivity contribution in [3.8, 4) is 0 Å². The number of carbonyl (C=O) groups excluding carboxylic acids is 2. The fourth-order valence-electron chi connectivity index (χ4n) is 2.40. The minimum atomic E-state index is -1.62. The second kappa shape index (κ2) is 4.60. The molecule has 1 atom stereocenters. The number of amides is 1. The maximum atomic E-state index is 12.5. The Morgan fingerprint density at radius 2 is 1.95 bits per heavy atom. The molecule has 0 bridgehead atoms. The van der Waals surface area contributed by atoms with E-state index in [0.717, 1.165) is 10.0 Å². The fourth-order valence-corrected chi connectivity index (χ4v) is 3.27. The number of aryl methyl sites for hydroxylation is 1. The molecule has 1 saturated heterocycles. The van der Waals surface area contributed by atoms with Gasteiger partial charge in [0.2, 0.25) is 4.87 Å². The van der Waals surface area contributed by atoms with Crippen LogP contribution < -0.4 is 5.32 Å². The molecule has 0 aliphatic carbocycles. The van der Waals surface area contributed by atoms with Gasteiger partial charge in [-0.05, 0) is 43.5 Å². The third-order valence-electron chi connectivity index (χ3n) is 3.44. The second-order valence-corrected chi connectivity index (χ2v) is 6.70. The van der Waals surface area contributed by atoms with E-state index >= 15 is 0 Å². The van der Waals surface area contributed by atoms with Crippen molar-refractivity contribution in [2.45, 2.75) is 37.6 Å². The molecule has 0 saturated carbocycles. The van der Waals surface area contributed by atoms with Gasteiger partial charge < -0.3 is 5.32 Å². The van der Waals surface area contributed by atoms with Gasteiger partial charge in [0.1, 0.15) is 0 Å². The molecule has 2 rings (SSSR count). The molecule has 5 heteroatoms. The van der Waals surface area contributed by atoms with Gasteiger partial charge in [-0.25, -0.2) is 0 Å². The Hall–Kier alpha value is -0.870. The zero-order chi connectivity index (χ0) is 14.4. The number of nitrogens with one attached hydrogen (secondary N) is 1. The van der Waals surface area contributed by atoms with Gasteiger partial charge in [-0.15, -0.1) is 0 Å². The quantitative estimate of drug-likeness (QED) is 0.662. The molecule has 1 unspecified atom stereocenters. The first-order valence-corrected chi connectivity index (χ1v) is 7.26. The molecule has 1 N–H and O–H groups in total. The lowest BCUT2D eigenvalue weighted by molar-refractivity contribution is -0.127. The van der Waals surface area contributed by atoms with Gasteiger partial charge >= 0.3 is 0 Å². The van der Waals surface area contributed by atoms with Crippen molar-refractivity contribution in [2.24, 2.45) is 0 Å². The Labute approximate surface area is 125 Å². The number of alkyl halides is 1. The van der Waals surface area contributed by atoms with Crippen LogP contribution in [0, 0.1) is 0 Å². The van der Waals surface area contributed by atoms with E-state index in [9.17, 15) is 9.59 Å². The standard InChI is InChI=1S/C14H15BrClNO2/c1-4-8-7-9(15)5-6-10(8)14(16)11(18)13(2,3)17-12(14)19/h5-7H,4H2,1-3H3,(H,17,19). The zero-order valence-corrected chi connectivity index (χ0v) is 13.4. The molecule has 1 aliphatic heterocycles. The van der Waals surface area contributed by atoms with Crippen molar-refractivity contribution >= 4 is 39.2 Å². The van der Waals surface area contributed by atoms with Crippen LogP contribution in [0.25, 0.3) is 0 Å². The Bertz CT molecular complexity index is 571. The lowest BCUT2D eigenvalue weighted by Crippen LogP contribution is -2.40. The fraction of sp³-hybridized carbons (Fsp3) is 0.429. The number of Topliss-reactive ketones (excluding diaryl/α,β-unsaturated/α-hetero) is 1. The smallest absolute Gasteiger partial charge is 0.254 e. The van der Waals surface area contributed by atoms with Gasteiger partial charge in [0, 0.05) is 4.47 Å². The van der Waals surface area contributed by atoms with Gasteiger partial charge in [-0.3, -0.25) is 9.59 Å². The van der Waals surface area contributed by atoms with E-state index in [1.54, 1.807) is 26.0 Å². The summed E-state index contributed by atoms with van der Waals surface area (Å²) in [4.78, 5) is 23.1. The van der Waals surface area contributed by atoms with Crippen molar-refractivity contribution in [2.75, 3.05) is 0 Å². The van der Waals surface area contributed by atoms with E-state index in [-0.39, 0.29) is 5.78 Å². The van der Waals surface area contributed by atoms with Crippen LogP contribution in [-0.4, -0.2) is 17.2 Å². The summed E-state index contributed by atoms with van der Waals surface area (Å²) in [7, 11) is 0. The van der Waals surface area contributed by atoms with Crippen LogP contribution in [0.1, 0.15) is 31.9 Å². The highest BCUT2D eigenvalue weighted by atomic mass is 79.9. The number of benzene rings is 1. The van der Waals surface area contributed by atoms with Gasteiger partial charge in [-0.1, -0.05) is 40.5 Å². The van der Waals surface area contributed by atoms with E-state index in [4.69, 9.17) is 11.6 Å². The van der Waals surface area contributed by atoms with Crippen LogP contribution in [0.2, 0.25) is 0 Å². The lowest BCUT2D eigenvalue weighted by Gasteiger charge is -2.22. The van der Waals surface area contributed by atoms with E-state index in [0.29, 0.717) is 12.0 Å². The third-order valence-corrected chi connectivity index (χ3v) is 4.48. The average Bonchev–Trinajstić information content (AvgIpc) is 2.50. The Morgan fingerprint density at radius 1 is 1.32 bits per heavy atom. The van der Waals surface area contributed by atoms with Crippen molar-refractivity contribution < 1.29 is 9.59 Å². The maximum Gasteiger partial charge on any atom is 0.254 e. The van der Waals surface area contributed by atoms with Crippen molar-refractivity contribution in [1.82, 2.24) is 5.32 Å². The number of ketones is 1. The van der Waals surface area contributed by atoms with Crippen LogP contribution in [-0.2, 0) is 20.9 Å². The van der Waals surface area contributed by atoms with Crippen LogP contribution in [0.4, 0.5) is 0 Å². The normalized spacial score (nSPS) is 25.5. The summed E-state index contributed by atoms with van der Waals surface area (Å²) < 4.78 is 0.901. The molecule has 19 heavy (non-hydrogen) atoms. The molecule has 1 fully saturated rings. The molecule has 1 aromatic carbocycles. The Kier molecular flexibility index (Phi) is 3.52. The Morgan fingerprint density at radius 3 is 2.42 bits per heavy atom. The predicted octanol–water partition coefficient (Wildman–Crippen LogP) is 2.92. The highest BCUT2D eigenvalue weighted by Gasteiger charge is 2.59. The molecule has 0 radical (unpaired) electrons. The number of halogens is 2. The van der Waals surface area contributed by atoms with E-state index in [1.807, 2.05) is 13.0 Å². The summed E-state index contributed by atoms with van der Waals surface area (Å²) in [5.41, 5.74) is 0.537. The number of hydrogen-bond acceptors (Lipinski definition) is 2. The minimum Gasteiger partial charge on any atom is -0.342 e. The molecule has 0 spiro atoms. The first-order chi connectivity index (χ1) is 8.73. The topological polar surface area (TPSA) is 46.2 Å². The van der Waals surface area contributed by atoms with Crippen LogP contribution in [0.5, 0.6) is 0 Å². The van der Waals surface area contributed by atoms with Crippen molar-refractivity contribution in [3.05, 3.63) is 33.8 Å². The molecule has 0 aromatic heterocycles. The highest BCUT2D eigenvalue weighted by molar-refractivity contribution is 9.10. The number of carbonyl (C=O) groups is 2. The lowest BCUT2D eigenvalue weighted by atomic mass is 9.85. The van der Waals surface area contributed by atoms with Gasteiger partial charge in [-0.2, -0.15) is 0 Å². The molecule has 3 nitrogen and oxygen atoms in total. The average molecular weight is 345 g/mol. The van der Waals surface area contributed by atoms with Gasteiger partial charge in [0.15, 0.2) is 5.78 Å². The summed E-state index contributed by atoms with van der Waals surface area (Å²) in [5.74, 6) is -0.745. The molecule has 1 amide bonds. The van der Waals surface area contributed by atoms with Crippen LogP contribution in [0.3, 0.4) is 0 Å². The number of hydrogen-bond donors (Lipinski definition) is 1. The largest absolute Gasteiger partial charge is 0.342 e. The SMILES string of the molecule is CCc1cc(Br)ccc1C1(Cl)C(=O)NC(C)(C)C1=O. The van der Waals surface area contributed by atoms with Crippen LogP contribution in [0.15, 0.2) is 22.7 Å². The summed E-state index contributed by atoms with van der Waals surface area (Å²) in [6.45, 7) is 5.30. The zero-order valence-electron chi connectivity index (χ0n) is 11.0. The monoisotopic (exact) mass is 343 g/mol. The van der Waals surface area contributed by atoms with Crippen LogP contribution >= 0.6 is 27.5 Å². The highest BCUT2D eigenvalue weighted by Crippen LogP contribution is 2.41. The third kappa shape index (κ3) is 2.11. The molecule has 102 valence electrons. The van der Waals surface area contributed by atoms with Gasteiger partial charge in [0.05, 0.1) is 5.54 Å². The minimum absolute atomic E-state index is 0.302. The van der Waals surface area contributed by atoms with Crippen molar-refractivity contribution in [3.63, 3.8) is 0 Å². The maximum absolute atomic E-state index is 12.5. The predicted molar refractivity (Wildman–Crippen MR) is 78.3 cm³/mol. The molecule has 1 aliphatic rings. The summed E-state index contributed by atoms with van der Waals surface area (Å²) in [6, 6.07) is 5.44. The first kappa shape index (κ1) is 14.5. The summed E-state index contributed by atoms with van der Waals surface area (Å²) in [6.07, 6.45) is 0.699. The Balaban J connectivity index is 2.64. The van der Waals surface area contributed by atoms with Gasteiger partial charge in [0.25, 0.3) is 5.91 Å². The molecule has 1 aromatic rings. The second-order valence-electron chi connectivity index (χ2n) is 5.22. The molecular formula is C14H15BrClNO2. The van der Waals surface area contributed by atoms with E-state index in [2.05, 4.69) is 21.2 Å². The van der Waals surface area contributed by atoms with E-state index < -0.39 is 16.3 Å². The molecule has 1 heterocycles. The first-order valence-electron chi connectivity index (χ1n) is 6.08. The molecular weight excluding hydrogens is 330 g/mol. The number of rotatable bonds is 2. The summed E-state index contributed by atoms with van der Waals surface area (Å²) in [5, 5.41) is 2.67. The summed E-state index contributed by atoms with van der Waals surface area (Å²) >= 11 is 9.83. The van der Waals surface area contributed by atoms with Crippen molar-refractivity contribution in [1.29, 1.82) is 0 Å².